The second kappa shape index (κ2) is 5.50. The van der Waals surface area contributed by atoms with E-state index in [1.165, 1.54) is 6.07 Å². The summed E-state index contributed by atoms with van der Waals surface area (Å²) in [6.07, 6.45) is 0. The molecule has 0 aliphatic heterocycles. The van der Waals surface area contributed by atoms with Crippen molar-refractivity contribution < 1.29 is 13.2 Å². The molecule has 18 heavy (non-hydrogen) atoms. The van der Waals surface area contributed by atoms with Crippen LogP contribution in [0.1, 0.15) is 0 Å². The zero-order valence-electron chi connectivity index (χ0n) is 8.56. The van der Waals surface area contributed by atoms with E-state index < -0.39 is 34.7 Å². The van der Waals surface area contributed by atoms with Crippen LogP contribution in [0.2, 0.25) is 0 Å². The Morgan fingerprint density at radius 1 is 1.44 bits per heavy atom. The molecule has 0 bridgehead atoms. The van der Waals surface area contributed by atoms with Gasteiger partial charge >= 0.3 is 0 Å². The van der Waals surface area contributed by atoms with Gasteiger partial charge in [-0.15, -0.1) is 0 Å². The molecule has 0 radical (unpaired) electrons. The van der Waals surface area contributed by atoms with Crippen molar-refractivity contribution in [2.45, 2.75) is 0 Å². The van der Waals surface area contributed by atoms with Gasteiger partial charge in [0.2, 0.25) is 5.71 Å². The summed E-state index contributed by atoms with van der Waals surface area (Å²) in [4.78, 5) is 0. The number of hydrogen-bond donors (Lipinski definition) is 3. The van der Waals surface area contributed by atoms with Gasteiger partial charge in [-0.05, 0) is 22.0 Å². The molecule has 1 aromatic carbocycles. The van der Waals surface area contributed by atoms with Gasteiger partial charge in [0.1, 0.15) is 11.8 Å². The van der Waals surface area contributed by atoms with Crippen molar-refractivity contribution in [3.05, 3.63) is 28.0 Å². The number of nitrogens with zero attached hydrogens (tertiary/aromatic N) is 2. The minimum Gasteiger partial charge on any atom is -0.382 e. The Kier molecular flexibility index (Phi) is 4.28. The van der Waals surface area contributed by atoms with Gasteiger partial charge in [-0.25, -0.2) is 13.2 Å². The van der Waals surface area contributed by atoms with E-state index in [0.717, 1.165) is 0 Å². The van der Waals surface area contributed by atoms with Crippen molar-refractivity contribution in [1.82, 2.24) is 0 Å². The zero-order valence-corrected chi connectivity index (χ0v) is 10.1. The summed E-state index contributed by atoms with van der Waals surface area (Å²) in [6.45, 7) is 0. The van der Waals surface area contributed by atoms with Gasteiger partial charge in [0, 0.05) is 4.47 Å². The summed E-state index contributed by atoms with van der Waals surface area (Å²) in [6, 6.07) is 2.16. The maximum Gasteiger partial charge on any atom is 0.201 e. The SMILES string of the molecule is N#C/C(=N\Nc1c(Br)cc(F)c(F)c1F)C(=N)N. The first-order valence-electron chi connectivity index (χ1n) is 4.29. The maximum atomic E-state index is 13.3. The Labute approximate surface area is 108 Å². The highest BCUT2D eigenvalue weighted by Crippen LogP contribution is 2.29. The van der Waals surface area contributed by atoms with E-state index in [4.69, 9.17) is 16.4 Å². The molecule has 0 heterocycles. The standard InChI is InChI=1S/C9H5BrF3N5/c10-3-1-4(11)6(12)7(13)8(3)18-17-5(2-14)9(15)16/h1,18H,(H3,15,16)/b17-5+. The molecule has 94 valence electrons. The Balaban J connectivity index is 3.18. The molecule has 0 aliphatic rings. The lowest BCUT2D eigenvalue weighted by Gasteiger charge is -2.07. The van der Waals surface area contributed by atoms with Crippen LogP contribution in [-0.2, 0) is 0 Å². The highest BCUT2D eigenvalue weighted by molar-refractivity contribution is 9.10. The number of nitrogens with one attached hydrogen (secondary N) is 2. The second-order valence-corrected chi connectivity index (χ2v) is 3.80. The predicted octanol–water partition coefficient (Wildman–Crippen LogP) is 2.09. The first-order chi connectivity index (χ1) is 8.38. The molecule has 0 amide bonds. The number of hydrazone groups is 1. The molecule has 0 aromatic heterocycles. The maximum absolute atomic E-state index is 13.3. The lowest BCUT2D eigenvalue weighted by molar-refractivity contribution is 0.448. The largest absolute Gasteiger partial charge is 0.382 e. The van der Waals surface area contributed by atoms with E-state index in [2.05, 4.69) is 21.0 Å². The van der Waals surface area contributed by atoms with Gasteiger partial charge < -0.3 is 5.73 Å². The molecule has 4 N–H and O–H groups in total. The van der Waals surface area contributed by atoms with Crippen LogP contribution in [0.15, 0.2) is 15.6 Å². The Morgan fingerprint density at radius 3 is 2.56 bits per heavy atom. The summed E-state index contributed by atoms with van der Waals surface area (Å²) in [5.41, 5.74) is 5.96. The highest BCUT2D eigenvalue weighted by Gasteiger charge is 2.17. The van der Waals surface area contributed by atoms with Crippen molar-refractivity contribution in [3.63, 3.8) is 0 Å². The van der Waals surface area contributed by atoms with Crippen LogP contribution in [0.3, 0.4) is 0 Å². The van der Waals surface area contributed by atoms with E-state index in [1.807, 2.05) is 5.43 Å². The van der Waals surface area contributed by atoms with Crippen molar-refractivity contribution >= 4 is 33.2 Å². The topological polar surface area (TPSA) is 98.0 Å². The van der Waals surface area contributed by atoms with Crippen LogP contribution in [0.4, 0.5) is 18.9 Å². The molecule has 0 fully saturated rings. The summed E-state index contributed by atoms with van der Waals surface area (Å²) < 4.78 is 38.9. The third-order valence-corrected chi connectivity index (χ3v) is 2.38. The fraction of sp³-hybridized carbons (Fsp3) is 0. The van der Waals surface area contributed by atoms with E-state index in [9.17, 15) is 13.2 Å². The molecule has 0 saturated heterocycles. The van der Waals surface area contributed by atoms with E-state index >= 15 is 0 Å². The summed E-state index contributed by atoms with van der Waals surface area (Å²) in [7, 11) is 0. The van der Waals surface area contributed by atoms with Crippen LogP contribution in [0.25, 0.3) is 0 Å². The van der Waals surface area contributed by atoms with Gasteiger partial charge in [0.25, 0.3) is 0 Å². The molecule has 0 aliphatic carbocycles. The molecule has 1 rings (SSSR count). The van der Waals surface area contributed by atoms with Crippen LogP contribution in [0.5, 0.6) is 0 Å². The minimum absolute atomic E-state index is 0.136. The third-order valence-electron chi connectivity index (χ3n) is 1.75. The lowest BCUT2D eigenvalue weighted by Crippen LogP contribution is -2.22. The van der Waals surface area contributed by atoms with Crippen molar-refractivity contribution in [1.29, 1.82) is 10.7 Å². The van der Waals surface area contributed by atoms with Crippen LogP contribution < -0.4 is 11.2 Å². The number of nitriles is 1. The number of nitrogens with two attached hydrogens (primary N) is 1. The Bertz CT molecular complexity index is 579. The monoisotopic (exact) mass is 319 g/mol. The van der Waals surface area contributed by atoms with Crippen molar-refractivity contribution in [2.24, 2.45) is 10.8 Å². The highest BCUT2D eigenvalue weighted by atomic mass is 79.9. The average Bonchev–Trinajstić information content (AvgIpc) is 2.30. The molecule has 1 aromatic rings. The molecular formula is C9H5BrF3N5. The van der Waals surface area contributed by atoms with Gasteiger partial charge in [-0.1, -0.05) is 0 Å². The number of hydrogen-bond acceptors (Lipinski definition) is 4. The molecule has 0 atom stereocenters. The fourth-order valence-electron chi connectivity index (χ4n) is 0.926. The Morgan fingerprint density at radius 2 is 2.06 bits per heavy atom. The third kappa shape index (κ3) is 2.78. The van der Waals surface area contributed by atoms with E-state index in [0.29, 0.717) is 6.07 Å². The normalized spacial score (nSPS) is 10.9. The van der Waals surface area contributed by atoms with Crippen LogP contribution in [0, 0.1) is 34.2 Å². The van der Waals surface area contributed by atoms with Gasteiger partial charge in [0.05, 0.1) is 0 Å². The number of halogens is 4. The molecule has 0 saturated carbocycles. The smallest absolute Gasteiger partial charge is 0.201 e. The molecule has 0 unspecified atom stereocenters. The van der Waals surface area contributed by atoms with Gasteiger partial charge in [-0.2, -0.15) is 10.4 Å². The van der Waals surface area contributed by atoms with Crippen molar-refractivity contribution in [3.8, 4) is 6.07 Å². The average molecular weight is 320 g/mol. The van der Waals surface area contributed by atoms with Crippen LogP contribution in [-0.4, -0.2) is 11.5 Å². The van der Waals surface area contributed by atoms with Gasteiger partial charge in [-0.3, -0.25) is 10.8 Å². The van der Waals surface area contributed by atoms with E-state index in [1.54, 1.807) is 0 Å². The number of amidine groups is 1. The first-order valence-corrected chi connectivity index (χ1v) is 5.09. The molecule has 9 heteroatoms. The van der Waals surface area contributed by atoms with Crippen molar-refractivity contribution in [2.75, 3.05) is 5.43 Å². The molecular weight excluding hydrogens is 315 g/mol. The predicted molar refractivity (Wildman–Crippen MR) is 62.6 cm³/mol. The van der Waals surface area contributed by atoms with E-state index in [-0.39, 0.29) is 4.47 Å². The fourth-order valence-corrected chi connectivity index (χ4v) is 1.39. The first kappa shape index (κ1) is 14.0. The quantitative estimate of drug-likeness (QED) is 0.261. The summed E-state index contributed by atoms with van der Waals surface area (Å²) >= 11 is 2.79. The Hall–Kier alpha value is -2.08. The second-order valence-electron chi connectivity index (χ2n) is 2.94. The lowest BCUT2D eigenvalue weighted by atomic mass is 10.3. The number of benzene rings is 1. The molecule has 5 nitrogen and oxygen atoms in total. The number of anilines is 1. The zero-order chi connectivity index (χ0) is 13.9. The summed E-state index contributed by atoms with van der Waals surface area (Å²) in [5.74, 6) is -5.21. The summed E-state index contributed by atoms with van der Waals surface area (Å²) in [5, 5.41) is 18.8. The molecule has 0 spiro atoms. The number of rotatable bonds is 3. The van der Waals surface area contributed by atoms with Gasteiger partial charge in [0.15, 0.2) is 23.3 Å². The minimum atomic E-state index is -1.68. The van der Waals surface area contributed by atoms with Crippen LogP contribution >= 0.6 is 15.9 Å².